The third kappa shape index (κ3) is 3.53. The molecule has 5 rings (SSSR count). The van der Waals surface area contributed by atoms with Gasteiger partial charge in [-0.1, -0.05) is 13.8 Å². The molecule has 154 valence electrons. The van der Waals surface area contributed by atoms with Crippen LogP contribution in [0.5, 0.6) is 0 Å². The minimum atomic E-state index is -2.91. The number of piperidine rings is 2. The van der Waals surface area contributed by atoms with E-state index in [1.54, 1.807) is 0 Å². The number of anilines is 2. The molecule has 8 heteroatoms. The molecule has 2 bridgehead atoms. The first kappa shape index (κ1) is 19.3. The normalized spacial score (nSPS) is 27.5. The van der Waals surface area contributed by atoms with Crippen molar-refractivity contribution in [2.24, 2.45) is 23.7 Å². The third-order valence-electron chi connectivity index (χ3n) is 6.46. The van der Waals surface area contributed by atoms with Crippen molar-refractivity contribution in [3.8, 4) is 0 Å². The van der Waals surface area contributed by atoms with E-state index in [0.717, 1.165) is 12.8 Å². The summed E-state index contributed by atoms with van der Waals surface area (Å²) in [6.07, 6.45) is 2.20. The molecule has 1 aromatic heterocycles. The molecule has 2 unspecified atom stereocenters. The van der Waals surface area contributed by atoms with Crippen molar-refractivity contribution in [2.75, 3.05) is 29.9 Å². The first-order chi connectivity index (χ1) is 13.2. The zero-order valence-corrected chi connectivity index (χ0v) is 16.4. The number of rotatable bonds is 7. The maximum atomic E-state index is 14.4. The maximum absolute atomic E-state index is 14.4. The summed E-state index contributed by atoms with van der Waals surface area (Å²) in [7, 11) is 0. The molecule has 2 saturated heterocycles. The summed E-state index contributed by atoms with van der Waals surface area (Å²) in [6.45, 7) is 6.24. The molecular formula is C20H28F2N4O2. The van der Waals surface area contributed by atoms with Gasteiger partial charge in [-0.25, -0.2) is 4.98 Å². The number of nitrogens with zero attached hydrogens (tertiary/aromatic N) is 3. The number of alkyl halides is 2. The lowest BCUT2D eigenvalue weighted by molar-refractivity contribution is -0.141. The van der Waals surface area contributed by atoms with Gasteiger partial charge in [-0.3, -0.25) is 4.79 Å². The third-order valence-corrected chi connectivity index (χ3v) is 6.46. The minimum absolute atomic E-state index is 0.133. The number of carboxylic acid groups (broad SMARTS) is 1. The fourth-order valence-electron chi connectivity index (χ4n) is 4.91. The standard InChI is InChI=1S/C20H28F2N4O2/c1-11(2)4-6-23-19-24-17-14(3-5-20(17,21)22)18(25-19)26-9-12-7-13(10-26)15(12)8-16(27)28/h11-13,15H,3-10H2,1-2H3,(H,27,28)(H,23,24,25). The largest absolute Gasteiger partial charge is 0.481 e. The number of carbonyl (C=O) groups is 1. The number of hydrogen-bond donors (Lipinski definition) is 2. The molecule has 2 N–H and O–H groups in total. The summed E-state index contributed by atoms with van der Waals surface area (Å²) in [5, 5.41) is 12.2. The highest BCUT2D eigenvalue weighted by molar-refractivity contribution is 5.67. The molecular weight excluding hydrogens is 366 g/mol. The molecule has 0 radical (unpaired) electrons. The van der Waals surface area contributed by atoms with Crippen LogP contribution in [0.4, 0.5) is 20.5 Å². The average molecular weight is 394 g/mol. The second-order valence-electron chi connectivity index (χ2n) is 8.93. The van der Waals surface area contributed by atoms with Crippen LogP contribution in [0.2, 0.25) is 0 Å². The predicted octanol–water partition coefficient (Wildman–Crippen LogP) is 3.52. The van der Waals surface area contributed by atoms with Crippen molar-refractivity contribution in [2.45, 2.75) is 51.9 Å². The van der Waals surface area contributed by atoms with Gasteiger partial charge in [0, 0.05) is 38.0 Å². The number of aromatic nitrogens is 2. The Bertz CT molecular complexity index is 759. The zero-order chi connectivity index (χ0) is 20.1. The second kappa shape index (κ2) is 7.12. The summed E-state index contributed by atoms with van der Waals surface area (Å²) in [6, 6.07) is 0. The first-order valence-corrected chi connectivity index (χ1v) is 10.2. The van der Waals surface area contributed by atoms with Gasteiger partial charge < -0.3 is 15.3 Å². The van der Waals surface area contributed by atoms with Crippen molar-refractivity contribution in [3.63, 3.8) is 0 Å². The molecule has 0 aromatic carbocycles. The van der Waals surface area contributed by atoms with Gasteiger partial charge in [-0.05, 0) is 42.9 Å². The van der Waals surface area contributed by atoms with Crippen LogP contribution >= 0.6 is 0 Å². The minimum Gasteiger partial charge on any atom is -0.481 e. The summed E-state index contributed by atoms with van der Waals surface area (Å²) >= 11 is 0. The summed E-state index contributed by atoms with van der Waals surface area (Å²) < 4.78 is 28.8. The van der Waals surface area contributed by atoms with Crippen molar-refractivity contribution >= 4 is 17.7 Å². The van der Waals surface area contributed by atoms with Crippen LogP contribution in [0.25, 0.3) is 0 Å². The quantitative estimate of drug-likeness (QED) is 0.737. The van der Waals surface area contributed by atoms with Gasteiger partial charge in [0.2, 0.25) is 5.95 Å². The highest BCUT2D eigenvalue weighted by Crippen LogP contribution is 2.50. The monoisotopic (exact) mass is 394 g/mol. The zero-order valence-electron chi connectivity index (χ0n) is 16.4. The lowest BCUT2D eigenvalue weighted by Gasteiger charge is -2.54. The lowest BCUT2D eigenvalue weighted by Crippen LogP contribution is -2.56. The fourth-order valence-corrected chi connectivity index (χ4v) is 4.91. The molecule has 2 aliphatic carbocycles. The van der Waals surface area contributed by atoms with Crippen LogP contribution in [0, 0.1) is 23.7 Å². The van der Waals surface area contributed by atoms with Crippen LogP contribution in [0.15, 0.2) is 0 Å². The lowest BCUT2D eigenvalue weighted by atomic mass is 9.60. The van der Waals surface area contributed by atoms with Crippen LogP contribution in [0.3, 0.4) is 0 Å². The average Bonchev–Trinajstić information content (AvgIpc) is 2.94. The van der Waals surface area contributed by atoms with E-state index in [2.05, 4.69) is 34.0 Å². The first-order valence-electron chi connectivity index (χ1n) is 10.2. The van der Waals surface area contributed by atoms with Crippen molar-refractivity contribution in [1.82, 2.24) is 9.97 Å². The Labute approximate surface area is 163 Å². The molecule has 2 aliphatic heterocycles. The van der Waals surface area contributed by atoms with E-state index in [1.807, 2.05) is 0 Å². The molecule has 3 fully saturated rings. The molecule has 28 heavy (non-hydrogen) atoms. The van der Waals surface area contributed by atoms with Crippen LogP contribution in [-0.4, -0.2) is 40.7 Å². The SMILES string of the molecule is CC(C)CCNc1nc(N2CC3CC(C2)C3CC(=O)O)c2c(n1)C(F)(F)CC2. The van der Waals surface area contributed by atoms with E-state index in [0.29, 0.717) is 48.8 Å². The molecule has 3 heterocycles. The Morgan fingerprint density at radius 3 is 2.68 bits per heavy atom. The summed E-state index contributed by atoms with van der Waals surface area (Å²) in [5.41, 5.74) is 0.432. The Morgan fingerprint density at radius 2 is 2.04 bits per heavy atom. The van der Waals surface area contributed by atoms with E-state index >= 15 is 0 Å². The van der Waals surface area contributed by atoms with Gasteiger partial charge in [0.1, 0.15) is 11.5 Å². The summed E-state index contributed by atoms with van der Waals surface area (Å²) in [4.78, 5) is 22.0. The number of hydrogen-bond acceptors (Lipinski definition) is 5. The number of nitrogens with one attached hydrogen (secondary N) is 1. The number of aliphatic carboxylic acids is 1. The van der Waals surface area contributed by atoms with E-state index in [4.69, 9.17) is 5.11 Å². The topological polar surface area (TPSA) is 78.4 Å². The summed E-state index contributed by atoms with van der Waals surface area (Å²) in [5.74, 6) is -1.45. The maximum Gasteiger partial charge on any atom is 0.303 e. The van der Waals surface area contributed by atoms with Gasteiger partial charge in [0.25, 0.3) is 5.92 Å². The van der Waals surface area contributed by atoms with Gasteiger partial charge in [0.05, 0.1) is 0 Å². The van der Waals surface area contributed by atoms with Gasteiger partial charge >= 0.3 is 5.97 Å². The van der Waals surface area contributed by atoms with Crippen molar-refractivity contribution in [3.05, 3.63) is 11.3 Å². The molecule has 2 atom stereocenters. The molecule has 1 saturated carbocycles. The Hall–Kier alpha value is -1.99. The number of fused-ring (bicyclic) bond motifs is 3. The second-order valence-corrected chi connectivity index (χ2v) is 8.93. The van der Waals surface area contributed by atoms with Gasteiger partial charge in [-0.15, -0.1) is 0 Å². The number of halogens is 2. The molecule has 4 aliphatic rings. The van der Waals surface area contributed by atoms with Gasteiger partial charge in [0.15, 0.2) is 0 Å². The Kier molecular flexibility index (Phi) is 4.91. The van der Waals surface area contributed by atoms with Gasteiger partial charge in [-0.2, -0.15) is 13.8 Å². The molecule has 0 amide bonds. The Morgan fingerprint density at radius 1 is 1.32 bits per heavy atom. The predicted molar refractivity (Wildman–Crippen MR) is 102 cm³/mol. The highest BCUT2D eigenvalue weighted by atomic mass is 19.3. The number of carboxylic acids is 1. The fraction of sp³-hybridized carbons (Fsp3) is 0.750. The molecule has 0 spiro atoms. The van der Waals surface area contributed by atoms with E-state index in [9.17, 15) is 13.6 Å². The van der Waals surface area contributed by atoms with E-state index in [-0.39, 0.29) is 36.8 Å². The smallest absolute Gasteiger partial charge is 0.303 e. The van der Waals surface area contributed by atoms with Crippen molar-refractivity contribution < 1.29 is 18.7 Å². The van der Waals surface area contributed by atoms with E-state index < -0.39 is 11.9 Å². The van der Waals surface area contributed by atoms with E-state index in [1.165, 1.54) is 0 Å². The van der Waals surface area contributed by atoms with Crippen molar-refractivity contribution in [1.29, 1.82) is 0 Å². The Balaban J connectivity index is 1.57. The van der Waals surface area contributed by atoms with Crippen LogP contribution in [0.1, 0.15) is 50.8 Å². The van der Waals surface area contributed by atoms with Crippen LogP contribution < -0.4 is 10.2 Å². The molecule has 1 aromatic rings. The highest BCUT2D eigenvalue weighted by Gasteiger charge is 2.49. The van der Waals surface area contributed by atoms with Crippen LogP contribution in [-0.2, 0) is 17.1 Å². The molecule has 6 nitrogen and oxygen atoms in total.